The van der Waals surface area contributed by atoms with Crippen molar-refractivity contribution in [3.63, 3.8) is 0 Å². The molecule has 0 aromatic carbocycles. The van der Waals surface area contributed by atoms with E-state index in [0.717, 1.165) is 42.9 Å². The van der Waals surface area contributed by atoms with E-state index in [4.69, 9.17) is 29.0 Å². The first-order chi connectivity index (χ1) is 36.1. The Morgan fingerprint density at radius 3 is 1.97 bits per heavy atom. The van der Waals surface area contributed by atoms with Crippen LogP contribution in [0.5, 0.6) is 0 Å². The molecule has 7 N–H and O–H groups in total. The third-order valence-electron chi connectivity index (χ3n) is 10.9. The number of aliphatic hydroxyl groups excluding tert-OH is 3. The molecule has 1 aliphatic rings. The molecule has 75 heavy (non-hydrogen) atoms. The quantitative estimate of drug-likeness (QED) is 0.0117. The monoisotopic (exact) mass is 1090 g/mol. The van der Waals surface area contributed by atoms with E-state index < -0.39 is 89.8 Å². The minimum absolute atomic E-state index is 0.0384. The predicted octanol–water partition coefficient (Wildman–Crippen LogP) is 9.97. The second-order valence-corrected chi connectivity index (χ2v) is 20.5. The fourth-order valence-corrected chi connectivity index (χ4v) is 9.02. The standard InChI is InChI=1S/C54H83N3O16P2/c1-3-5-7-9-11-12-13-14-15-16-17-18-19-24-27-31-35-39-50(60)71-46(42-68-49(59)38-34-30-26-23-21-20-22-25-29-33-37-45(58)36-32-28-10-8-6-4-2)43-69-74(64,65)73-75(66,67)70-44-47-51(61)52(62)53(72-47)57-41-40-48(55)56-54(57)63/h6,8,14-15,17-18,20-21,24-30,32-33,37,40-41,45-47,51-53,58,61-62H,3-5,7,9-13,16,19,22-23,31,34-36,38-39,42-44H2,1-2H3,(H,64,65)(H,66,67)(H2,55,56,63)/b8-6-,15-14-,18-17-,21-20-,27-24-,29-25-,30-26-,32-28-,37-33+/t45?,46-,47-,51-,52-,53-/m1/s1. The third-order valence-corrected chi connectivity index (χ3v) is 13.5. The Balaban J connectivity index is 1.87. The van der Waals surface area contributed by atoms with Crippen LogP contribution in [0.3, 0.4) is 0 Å². The molecule has 0 bridgehead atoms. The number of anilines is 1. The van der Waals surface area contributed by atoms with Gasteiger partial charge in [-0.3, -0.25) is 23.2 Å². The molecular formula is C54H83N3O16P2. The maximum atomic E-state index is 12.9. The van der Waals surface area contributed by atoms with Crippen LogP contribution in [-0.4, -0.2) is 96.9 Å². The first kappa shape index (κ1) is 66.5. The smallest absolute Gasteiger partial charge is 0.462 e. The van der Waals surface area contributed by atoms with Crippen molar-refractivity contribution in [1.82, 2.24) is 9.55 Å². The van der Waals surface area contributed by atoms with E-state index in [0.29, 0.717) is 38.5 Å². The number of rotatable bonds is 41. The SMILES string of the molecule is CC/C=C\C/C=C\CC(O)/C=C/C=C\C/C=C\C/C=C\CCC(=O)OC[C@H](COP(=O)(O)OP(=O)(O)OC[C@H]1O[C@@H](n2ccc(N)nc2=O)[C@H](O)[C@@H]1O)OC(=O)CCC/C=C\C/C=C\C/C=C\CCCCCCCC. The molecule has 420 valence electrons. The van der Waals surface area contributed by atoms with Gasteiger partial charge in [-0.15, -0.1) is 0 Å². The average molecular weight is 1090 g/mol. The molecule has 1 aromatic rings. The zero-order chi connectivity index (χ0) is 55.0. The van der Waals surface area contributed by atoms with Crippen LogP contribution in [-0.2, 0) is 46.3 Å². The number of aliphatic hydroxyl groups is 3. The number of nitrogen functional groups attached to an aromatic ring is 1. The summed E-state index contributed by atoms with van der Waals surface area (Å²) in [4.78, 5) is 61.9. The van der Waals surface area contributed by atoms with E-state index in [1.165, 1.54) is 44.6 Å². The van der Waals surface area contributed by atoms with Gasteiger partial charge < -0.3 is 45.1 Å². The summed E-state index contributed by atoms with van der Waals surface area (Å²) in [5, 5.41) is 31.0. The molecule has 0 aliphatic carbocycles. The topological polar surface area (TPSA) is 286 Å². The largest absolute Gasteiger partial charge is 0.481 e. The van der Waals surface area contributed by atoms with Gasteiger partial charge in [0.25, 0.3) is 0 Å². The number of aromatic nitrogens is 2. The highest BCUT2D eigenvalue weighted by Gasteiger charge is 2.46. The summed E-state index contributed by atoms with van der Waals surface area (Å²) in [7, 11) is -10.9. The molecule has 2 rings (SSSR count). The number of carbonyl (C=O) groups excluding carboxylic acids is 2. The zero-order valence-electron chi connectivity index (χ0n) is 43.7. The Labute approximate surface area is 443 Å². The summed E-state index contributed by atoms with van der Waals surface area (Å²) in [6, 6.07) is 1.24. The molecule has 8 atom stereocenters. The summed E-state index contributed by atoms with van der Waals surface area (Å²) in [5.41, 5.74) is 4.57. The van der Waals surface area contributed by atoms with Crippen LogP contribution in [0, 0.1) is 0 Å². The Bertz CT molecular complexity index is 2200. The molecule has 1 saturated heterocycles. The van der Waals surface area contributed by atoms with Crippen LogP contribution in [0.2, 0.25) is 0 Å². The number of allylic oxidation sites excluding steroid dienone is 16. The van der Waals surface area contributed by atoms with E-state index in [1.807, 2.05) is 60.8 Å². The predicted molar refractivity (Wildman–Crippen MR) is 290 cm³/mol. The first-order valence-corrected chi connectivity index (χ1v) is 29.0. The lowest BCUT2D eigenvalue weighted by atomic mass is 10.1. The number of hydrogen-bond donors (Lipinski definition) is 6. The van der Waals surface area contributed by atoms with E-state index in [9.17, 15) is 48.6 Å². The lowest BCUT2D eigenvalue weighted by molar-refractivity contribution is -0.161. The van der Waals surface area contributed by atoms with Gasteiger partial charge in [0.05, 0.1) is 19.3 Å². The number of nitrogens with zero attached hydrogens (tertiary/aromatic N) is 2. The lowest BCUT2D eigenvalue weighted by Crippen LogP contribution is -2.36. The molecule has 0 radical (unpaired) electrons. The molecule has 0 saturated carbocycles. The van der Waals surface area contributed by atoms with Gasteiger partial charge in [0.15, 0.2) is 12.3 Å². The number of phosphoric ester groups is 2. The van der Waals surface area contributed by atoms with Crippen molar-refractivity contribution >= 4 is 33.4 Å². The number of unbranched alkanes of at least 4 members (excludes halogenated alkanes) is 7. The molecule has 0 spiro atoms. The van der Waals surface area contributed by atoms with Crippen molar-refractivity contribution in [2.75, 3.05) is 25.6 Å². The van der Waals surface area contributed by atoms with Crippen LogP contribution >= 0.6 is 15.6 Å². The van der Waals surface area contributed by atoms with Gasteiger partial charge in [-0.25, -0.2) is 13.9 Å². The maximum absolute atomic E-state index is 12.9. The number of hydrogen-bond acceptors (Lipinski definition) is 16. The fraction of sp³-hybridized carbons (Fsp3) is 0.556. The van der Waals surface area contributed by atoms with E-state index >= 15 is 0 Å². The second-order valence-electron chi connectivity index (χ2n) is 17.5. The normalized spacial score (nSPS) is 20.1. The van der Waals surface area contributed by atoms with Crippen LogP contribution in [0.25, 0.3) is 0 Å². The number of phosphoric acid groups is 2. The van der Waals surface area contributed by atoms with Gasteiger partial charge in [-0.05, 0) is 83.1 Å². The molecule has 3 unspecified atom stereocenters. The van der Waals surface area contributed by atoms with Gasteiger partial charge in [0.2, 0.25) is 0 Å². The van der Waals surface area contributed by atoms with Gasteiger partial charge in [0.1, 0.15) is 30.7 Å². The average Bonchev–Trinajstić information content (AvgIpc) is 3.64. The molecule has 1 aliphatic heterocycles. The summed E-state index contributed by atoms with van der Waals surface area (Å²) in [6.07, 6.45) is 43.6. The molecule has 19 nitrogen and oxygen atoms in total. The Kier molecular flexibility index (Phi) is 36.0. The van der Waals surface area contributed by atoms with Gasteiger partial charge in [-0.1, -0.05) is 155 Å². The van der Waals surface area contributed by atoms with Crippen LogP contribution in [0.4, 0.5) is 5.82 Å². The van der Waals surface area contributed by atoms with Gasteiger partial charge >= 0.3 is 33.3 Å². The van der Waals surface area contributed by atoms with Crippen LogP contribution < -0.4 is 11.4 Å². The van der Waals surface area contributed by atoms with E-state index in [1.54, 1.807) is 12.2 Å². The minimum Gasteiger partial charge on any atom is -0.462 e. The van der Waals surface area contributed by atoms with Crippen molar-refractivity contribution in [1.29, 1.82) is 0 Å². The van der Waals surface area contributed by atoms with Crippen LogP contribution in [0.1, 0.15) is 142 Å². The highest BCUT2D eigenvalue weighted by Crippen LogP contribution is 2.60. The summed E-state index contributed by atoms with van der Waals surface area (Å²) >= 11 is 0. The number of esters is 2. The summed E-state index contributed by atoms with van der Waals surface area (Å²) in [6.45, 7) is 1.83. The highest BCUT2D eigenvalue weighted by atomic mass is 31.3. The van der Waals surface area contributed by atoms with Gasteiger partial charge in [-0.2, -0.15) is 9.29 Å². The fourth-order valence-electron chi connectivity index (χ4n) is 6.91. The van der Waals surface area contributed by atoms with Crippen LogP contribution in [0.15, 0.2) is 126 Å². The molecule has 21 heteroatoms. The summed E-state index contributed by atoms with van der Waals surface area (Å²) in [5.74, 6) is -1.51. The molecule has 0 amide bonds. The molecule has 1 fully saturated rings. The van der Waals surface area contributed by atoms with Crippen molar-refractivity contribution < 1.29 is 71.4 Å². The van der Waals surface area contributed by atoms with E-state index in [-0.39, 0.29) is 18.7 Å². The number of ether oxygens (including phenoxy) is 3. The van der Waals surface area contributed by atoms with Gasteiger partial charge in [0, 0.05) is 19.0 Å². The summed E-state index contributed by atoms with van der Waals surface area (Å²) < 4.78 is 56.6. The number of nitrogens with two attached hydrogens (primary N) is 1. The van der Waals surface area contributed by atoms with Crippen molar-refractivity contribution in [2.45, 2.75) is 173 Å². The maximum Gasteiger partial charge on any atom is 0.481 e. The molecule has 2 heterocycles. The van der Waals surface area contributed by atoms with Crippen molar-refractivity contribution in [3.05, 3.63) is 132 Å². The highest BCUT2D eigenvalue weighted by molar-refractivity contribution is 7.61. The first-order valence-electron chi connectivity index (χ1n) is 26.0. The van der Waals surface area contributed by atoms with Crippen molar-refractivity contribution in [3.8, 4) is 0 Å². The molecular weight excluding hydrogens is 1010 g/mol. The second kappa shape index (κ2) is 40.6. The van der Waals surface area contributed by atoms with E-state index in [2.05, 4.69) is 59.6 Å². The lowest BCUT2D eigenvalue weighted by Gasteiger charge is -2.21. The molecule has 1 aromatic heterocycles. The zero-order valence-corrected chi connectivity index (χ0v) is 45.4. The Hall–Kier alpha value is -4.62. The minimum atomic E-state index is -5.47. The third kappa shape index (κ3) is 33.2. The van der Waals surface area contributed by atoms with Crippen molar-refractivity contribution in [2.24, 2.45) is 0 Å². The Morgan fingerprint density at radius 1 is 0.720 bits per heavy atom. The number of carbonyl (C=O) groups is 2. The Morgan fingerprint density at radius 2 is 1.31 bits per heavy atom.